The summed E-state index contributed by atoms with van der Waals surface area (Å²) in [7, 11) is 1.78. The predicted molar refractivity (Wildman–Crippen MR) is 69.7 cm³/mol. The summed E-state index contributed by atoms with van der Waals surface area (Å²) in [5.74, 6) is 0.937. The van der Waals surface area contributed by atoms with E-state index in [0.717, 1.165) is 25.5 Å². The third-order valence-corrected chi connectivity index (χ3v) is 3.74. The van der Waals surface area contributed by atoms with Gasteiger partial charge in [0.2, 0.25) is 0 Å². The summed E-state index contributed by atoms with van der Waals surface area (Å²) in [6.45, 7) is 7.85. The van der Waals surface area contributed by atoms with Gasteiger partial charge in [0, 0.05) is 20.3 Å². The molecule has 1 rings (SSSR count). The van der Waals surface area contributed by atoms with E-state index in [1.54, 1.807) is 7.11 Å². The van der Waals surface area contributed by atoms with Crippen molar-refractivity contribution in [3.05, 3.63) is 0 Å². The summed E-state index contributed by atoms with van der Waals surface area (Å²) in [5.41, 5.74) is 0.366. The lowest BCUT2D eigenvalue weighted by atomic mass is 9.87. The van der Waals surface area contributed by atoms with Crippen molar-refractivity contribution in [3.63, 3.8) is 0 Å². The molecule has 1 N–H and O–H groups in total. The average molecular weight is 227 g/mol. The van der Waals surface area contributed by atoms with Gasteiger partial charge in [-0.2, -0.15) is 0 Å². The number of hydrogen-bond donors (Lipinski definition) is 1. The maximum absolute atomic E-state index is 5.15. The first-order chi connectivity index (χ1) is 7.64. The molecule has 1 aliphatic carbocycles. The lowest BCUT2D eigenvalue weighted by Crippen LogP contribution is -2.34. The highest BCUT2D eigenvalue weighted by molar-refractivity contribution is 4.74. The molecule has 0 aromatic rings. The summed E-state index contributed by atoms with van der Waals surface area (Å²) in [6.07, 6.45) is 8.35. The topological polar surface area (TPSA) is 21.3 Å². The standard InChI is InChI=1S/C14H29NO/c1-14(2,9-10-16-3)12-15-11-13-7-5-4-6-8-13/h13,15H,4-12H2,1-3H3. The van der Waals surface area contributed by atoms with E-state index in [0.29, 0.717) is 5.41 Å². The third-order valence-electron chi connectivity index (χ3n) is 3.74. The zero-order valence-corrected chi connectivity index (χ0v) is 11.3. The maximum atomic E-state index is 5.15. The third kappa shape index (κ3) is 5.86. The number of nitrogens with one attached hydrogen (secondary N) is 1. The molecule has 1 aliphatic rings. The molecule has 0 spiro atoms. The van der Waals surface area contributed by atoms with Crippen LogP contribution in [0.15, 0.2) is 0 Å². The van der Waals surface area contributed by atoms with Crippen molar-refractivity contribution in [3.8, 4) is 0 Å². The molecule has 0 aromatic heterocycles. The Bertz CT molecular complexity index is 174. The minimum absolute atomic E-state index is 0.366. The van der Waals surface area contributed by atoms with Crippen LogP contribution in [0, 0.1) is 11.3 Å². The van der Waals surface area contributed by atoms with Crippen molar-refractivity contribution in [2.75, 3.05) is 26.8 Å². The molecule has 1 fully saturated rings. The van der Waals surface area contributed by atoms with Gasteiger partial charge in [-0.3, -0.25) is 0 Å². The zero-order valence-electron chi connectivity index (χ0n) is 11.3. The van der Waals surface area contributed by atoms with Crippen LogP contribution >= 0.6 is 0 Å². The number of hydrogen-bond acceptors (Lipinski definition) is 2. The van der Waals surface area contributed by atoms with Gasteiger partial charge in [0.15, 0.2) is 0 Å². The van der Waals surface area contributed by atoms with Crippen LogP contribution in [0.1, 0.15) is 52.4 Å². The van der Waals surface area contributed by atoms with Crippen LogP contribution < -0.4 is 5.32 Å². The fourth-order valence-corrected chi connectivity index (χ4v) is 2.47. The van der Waals surface area contributed by atoms with Crippen molar-refractivity contribution in [1.29, 1.82) is 0 Å². The molecule has 0 radical (unpaired) electrons. The van der Waals surface area contributed by atoms with Crippen molar-refractivity contribution < 1.29 is 4.74 Å². The molecule has 0 atom stereocenters. The first-order valence-electron chi connectivity index (χ1n) is 6.84. The van der Waals surface area contributed by atoms with Gasteiger partial charge in [0.05, 0.1) is 0 Å². The largest absolute Gasteiger partial charge is 0.385 e. The van der Waals surface area contributed by atoms with E-state index in [1.807, 2.05) is 0 Å². The summed E-state index contributed by atoms with van der Waals surface area (Å²) in [5, 5.41) is 3.65. The number of rotatable bonds is 7. The molecule has 1 saturated carbocycles. The molecular formula is C14H29NO. The van der Waals surface area contributed by atoms with Crippen molar-refractivity contribution in [1.82, 2.24) is 5.32 Å². The molecule has 96 valence electrons. The molecule has 0 saturated heterocycles. The van der Waals surface area contributed by atoms with E-state index in [9.17, 15) is 0 Å². The van der Waals surface area contributed by atoms with Crippen LogP contribution in [0.5, 0.6) is 0 Å². The van der Waals surface area contributed by atoms with Crippen LogP contribution in [0.3, 0.4) is 0 Å². The first kappa shape index (κ1) is 14.0. The molecular weight excluding hydrogens is 198 g/mol. The molecule has 2 nitrogen and oxygen atoms in total. The quantitative estimate of drug-likeness (QED) is 0.721. The van der Waals surface area contributed by atoms with E-state index in [2.05, 4.69) is 19.2 Å². The normalized spacial score (nSPS) is 18.9. The zero-order chi connectivity index (χ0) is 11.9. The summed E-state index contributed by atoms with van der Waals surface area (Å²) in [6, 6.07) is 0. The van der Waals surface area contributed by atoms with Gasteiger partial charge in [-0.25, -0.2) is 0 Å². The molecule has 0 bridgehead atoms. The fourth-order valence-electron chi connectivity index (χ4n) is 2.47. The maximum Gasteiger partial charge on any atom is 0.0467 e. The van der Waals surface area contributed by atoms with E-state index in [1.165, 1.54) is 38.6 Å². The Morgan fingerprint density at radius 3 is 2.50 bits per heavy atom. The second kappa shape index (κ2) is 7.29. The summed E-state index contributed by atoms with van der Waals surface area (Å²) in [4.78, 5) is 0. The first-order valence-corrected chi connectivity index (χ1v) is 6.84. The Balaban J connectivity index is 2.08. The average Bonchev–Trinajstić information content (AvgIpc) is 2.28. The Morgan fingerprint density at radius 2 is 1.88 bits per heavy atom. The smallest absolute Gasteiger partial charge is 0.0467 e. The molecule has 0 aromatic carbocycles. The highest BCUT2D eigenvalue weighted by Gasteiger charge is 2.18. The summed E-state index contributed by atoms with van der Waals surface area (Å²) >= 11 is 0. The second-order valence-electron chi connectivity index (χ2n) is 6.04. The molecule has 0 amide bonds. The van der Waals surface area contributed by atoms with Gasteiger partial charge in [0.25, 0.3) is 0 Å². The van der Waals surface area contributed by atoms with E-state index in [4.69, 9.17) is 4.74 Å². The van der Waals surface area contributed by atoms with Crippen molar-refractivity contribution in [2.45, 2.75) is 52.4 Å². The van der Waals surface area contributed by atoms with Crippen LogP contribution in [0.4, 0.5) is 0 Å². The Kier molecular flexibility index (Phi) is 6.37. The van der Waals surface area contributed by atoms with Gasteiger partial charge in [-0.05, 0) is 37.1 Å². The monoisotopic (exact) mass is 227 g/mol. The Hall–Kier alpha value is -0.0800. The Morgan fingerprint density at radius 1 is 1.19 bits per heavy atom. The fraction of sp³-hybridized carbons (Fsp3) is 1.00. The second-order valence-corrected chi connectivity index (χ2v) is 6.04. The summed E-state index contributed by atoms with van der Waals surface area (Å²) < 4.78 is 5.15. The highest BCUT2D eigenvalue weighted by Crippen LogP contribution is 2.23. The van der Waals surface area contributed by atoms with E-state index in [-0.39, 0.29) is 0 Å². The lowest BCUT2D eigenvalue weighted by Gasteiger charge is -2.27. The van der Waals surface area contributed by atoms with Gasteiger partial charge in [-0.15, -0.1) is 0 Å². The molecule has 0 unspecified atom stereocenters. The molecule has 0 aliphatic heterocycles. The number of methoxy groups -OCH3 is 1. The lowest BCUT2D eigenvalue weighted by molar-refractivity contribution is 0.149. The SMILES string of the molecule is COCCC(C)(C)CNCC1CCCCC1. The van der Waals surface area contributed by atoms with Gasteiger partial charge in [-0.1, -0.05) is 33.1 Å². The van der Waals surface area contributed by atoms with Crippen LogP contribution in [0.2, 0.25) is 0 Å². The predicted octanol–water partition coefficient (Wildman–Crippen LogP) is 3.22. The van der Waals surface area contributed by atoms with Crippen LogP contribution in [0.25, 0.3) is 0 Å². The minimum Gasteiger partial charge on any atom is -0.385 e. The number of ether oxygens (including phenoxy) is 1. The minimum atomic E-state index is 0.366. The van der Waals surface area contributed by atoms with E-state index >= 15 is 0 Å². The molecule has 2 heteroatoms. The van der Waals surface area contributed by atoms with Crippen molar-refractivity contribution >= 4 is 0 Å². The highest BCUT2D eigenvalue weighted by atomic mass is 16.5. The van der Waals surface area contributed by atoms with Crippen LogP contribution in [-0.4, -0.2) is 26.8 Å². The van der Waals surface area contributed by atoms with Crippen molar-refractivity contribution in [2.24, 2.45) is 11.3 Å². The van der Waals surface area contributed by atoms with Gasteiger partial charge in [0.1, 0.15) is 0 Å². The van der Waals surface area contributed by atoms with E-state index < -0.39 is 0 Å². The van der Waals surface area contributed by atoms with Gasteiger partial charge >= 0.3 is 0 Å². The molecule has 0 heterocycles. The molecule has 16 heavy (non-hydrogen) atoms. The Labute approximate surface area is 101 Å². The van der Waals surface area contributed by atoms with Gasteiger partial charge < -0.3 is 10.1 Å². The van der Waals surface area contributed by atoms with Crippen LogP contribution in [-0.2, 0) is 4.74 Å².